The number of carbonyl (C=O) groups excluding carboxylic acids is 2. The van der Waals surface area contributed by atoms with E-state index in [1.54, 1.807) is 30.3 Å². The van der Waals surface area contributed by atoms with Gasteiger partial charge in [0.1, 0.15) is 11.4 Å². The van der Waals surface area contributed by atoms with Gasteiger partial charge in [-0.15, -0.1) is 0 Å². The van der Waals surface area contributed by atoms with Crippen molar-refractivity contribution in [1.82, 2.24) is 4.57 Å². The number of aromatic nitrogens is 1. The summed E-state index contributed by atoms with van der Waals surface area (Å²) in [5.74, 6) is -1.76. The first-order valence-corrected chi connectivity index (χ1v) is 8.10. The first kappa shape index (κ1) is 18.1. The highest BCUT2D eigenvalue weighted by atomic mass is 19.1. The number of hydrogen-bond donors (Lipinski definition) is 2. The largest absolute Gasteiger partial charge is 0.366 e. The van der Waals surface area contributed by atoms with Crippen molar-refractivity contribution in [3.63, 3.8) is 0 Å². The molecule has 0 spiro atoms. The molecule has 2 aromatic carbocycles. The number of primary amides is 1. The molecule has 3 aromatic rings. The van der Waals surface area contributed by atoms with Crippen LogP contribution in [0.3, 0.4) is 0 Å². The predicted octanol–water partition coefficient (Wildman–Crippen LogP) is 2.39. The Morgan fingerprint density at radius 3 is 2.48 bits per heavy atom. The molecule has 0 aliphatic carbocycles. The molecule has 27 heavy (non-hydrogen) atoms. The Balaban J connectivity index is 1.88. The number of hydrogen-bond acceptors (Lipinski definition) is 3. The lowest BCUT2D eigenvalue weighted by molar-refractivity contribution is 0.100. The third-order valence-corrected chi connectivity index (χ3v) is 3.95. The Kier molecular flexibility index (Phi) is 5.12. The summed E-state index contributed by atoms with van der Waals surface area (Å²) in [4.78, 5) is 36.6. The van der Waals surface area contributed by atoms with E-state index >= 15 is 0 Å². The fourth-order valence-corrected chi connectivity index (χ4v) is 2.66. The van der Waals surface area contributed by atoms with Crippen LogP contribution in [0, 0.1) is 5.82 Å². The van der Waals surface area contributed by atoms with E-state index in [1.165, 1.54) is 41.1 Å². The van der Waals surface area contributed by atoms with E-state index < -0.39 is 23.2 Å². The van der Waals surface area contributed by atoms with Crippen LogP contribution in [0.25, 0.3) is 0 Å². The zero-order valence-electron chi connectivity index (χ0n) is 14.2. The molecule has 6 nitrogen and oxygen atoms in total. The van der Waals surface area contributed by atoms with Crippen LogP contribution in [0.1, 0.15) is 26.3 Å². The highest BCUT2D eigenvalue weighted by molar-refractivity contribution is 6.08. The zero-order chi connectivity index (χ0) is 19.4. The van der Waals surface area contributed by atoms with Crippen LogP contribution in [0.2, 0.25) is 0 Å². The molecule has 1 aromatic heterocycles. The number of para-hydroxylation sites is 1. The molecule has 0 bridgehead atoms. The van der Waals surface area contributed by atoms with E-state index in [0.29, 0.717) is 5.56 Å². The summed E-state index contributed by atoms with van der Waals surface area (Å²) in [7, 11) is 0. The van der Waals surface area contributed by atoms with Crippen LogP contribution < -0.4 is 16.6 Å². The molecule has 7 heteroatoms. The highest BCUT2D eigenvalue weighted by Gasteiger charge is 2.15. The lowest BCUT2D eigenvalue weighted by Gasteiger charge is -2.10. The molecule has 2 amide bonds. The normalized spacial score (nSPS) is 10.4. The van der Waals surface area contributed by atoms with Crippen LogP contribution >= 0.6 is 0 Å². The van der Waals surface area contributed by atoms with Crippen LogP contribution in [0.5, 0.6) is 0 Å². The second-order valence-electron chi connectivity index (χ2n) is 5.85. The second kappa shape index (κ2) is 7.65. The molecule has 0 aliphatic rings. The highest BCUT2D eigenvalue weighted by Crippen LogP contribution is 2.15. The van der Waals surface area contributed by atoms with Crippen molar-refractivity contribution in [2.45, 2.75) is 6.54 Å². The van der Waals surface area contributed by atoms with E-state index in [9.17, 15) is 18.8 Å². The van der Waals surface area contributed by atoms with E-state index in [-0.39, 0.29) is 23.4 Å². The van der Waals surface area contributed by atoms with E-state index in [4.69, 9.17) is 5.73 Å². The zero-order valence-corrected chi connectivity index (χ0v) is 14.2. The number of anilines is 1. The number of rotatable bonds is 5. The average Bonchev–Trinajstić information content (AvgIpc) is 2.63. The van der Waals surface area contributed by atoms with Gasteiger partial charge in [0.05, 0.1) is 17.8 Å². The van der Waals surface area contributed by atoms with Crippen molar-refractivity contribution in [2.24, 2.45) is 5.73 Å². The second-order valence-corrected chi connectivity index (χ2v) is 5.85. The molecule has 0 unspecified atom stereocenters. The van der Waals surface area contributed by atoms with Gasteiger partial charge in [0, 0.05) is 6.20 Å². The summed E-state index contributed by atoms with van der Waals surface area (Å²) in [6.07, 6.45) is 1.52. The van der Waals surface area contributed by atoms with E-state index in [1.807, 2.05) is 0 Å². The van der Waals surface area contributed by atoms with Crippen molar-refractivity contribution in [3.05, 3.63) is 99.7 Å². The third-order valence-electron chi connectivity index (χ3n) is 3.95. The summed E-state index contributed by atoms with van der Waals surface area (Å²) in [6.45, 7) is 0.121. The summed E-state index contributed by atoms with van der Waals surface area (Å²) in [5, 5.41) is 2.54. The van der Waals surface area contributed by atoms with Gasteiger partial charge in [0.25, 0.3) is 17.4 Å². The van der Waals surface area contributed by atoms with Crippen molar-refractivity contribution in [3.8, 4) is 0 Å². The molecular formula is C20H16FN3O3. The number of amides is 2. The number of nitrogens with one attached hydrogen (secondary N) is 1. The fourth-order valence-electron chi connectivity index (χ4n) is 2.66. The van der Waals surface area contributed by atoms with Gasteiger partial charge in [0.15, 0.2) is 0 Å². The number of benzene rings is 2. The predicted molar refractivity (Wildman–Crippen MR) is 99.1 cm³/mol. The Hall–Kier alpha value is -3.74. The Bertz CT molecular complexity index is 1080. The monoisotopic (exact) mass is 365 g/mol. The standard InChI is InChI=1S/C20H16FN3O3/c21-14-6-3-5-13(11-14)12-24-10-4-8-16(20(24)27)19(26)23-17-9-2-1-7-15(17)18(22)25/h1-11H,12H2,(H2,22,25)(H,23,26). The van der Waals surface area contributed by atoms with Crippen molar-refractivity contribution in [1.29, 1.82) is 0 Å². The molecule has 0 atom stereocenters. The minimum absolute atomic E-state index is 0.104. The van der Waals surface area contributed by atoms with Crippen LogP contribution in [0.4, 0.5) is 10.1 Å². The Labute approximate surface area is 154 Å². The van der Waals surface area contributed by atoms with Crippen molar-refractivity contribution < 1.29 is 14.0 Å². The maximum Gasteiger partial charge on any atom is 0.263 e. The van der Waals surface area contributed by atoms with Crippen molar-refractivity contribution in [2.75, 3.05) is 5.32 Å². The minimum atomic E-state index is -0.692. The molecule has 3 N–H and O–H groups in total. The van der Waals surface area contributed by atoms with Crippen LogP contribution in [-0.4, -0.2) is 16.4 Å². The number of nitrogens with two attached hydrogens (primary N) is 1. The summed E-state index contributed by atoms with van der Waals surface area (Å²) in [6, 6.07) is 15.0. The Morgan fingerprint density at radius 1 is 1.00 bits per heavy atom. The summed E-state index contributed by atoms with van der Waals surface area (Å²) < 4.78 is 14.6. The summed E-state index contributed by atoms with van der Waals surface area (Å²) in [5.41, 5.74) is 5.61. The number of pyridine rings is 1. The van der Waals surface area contributed by atoms with Gasteiger partial charge in [-0.3, -0.25) is 14.4 Å². The SMILES string of the molecule is NC(=O)c1ccccc1NC(=O)c1cccn(Cc2cccc(F)c2)c1=O. The maximum absolute atomic E-state index is 13.3. The molecule has 0 saturated heterocycles. The third kappa shape index (κ3) is 4.09. The van der Waals surface area contributed by atoms with Gasteiger partial charge >= 0.3 is 0 Å². The summed E-state index contributed by atoms with van der Waals surface area (Å²) >= 11 is 0. The smallest absolute Gasteiger partial charge is 0.263 e. The molecule has 0 aliphatic heterocycles. The van der Waals surface area contributed by atoms with Gasteiger partial charge in [-0.25, -0.2) is 4.39 Å². The average molecular weight is 365 g/mol. The Morgan fingerprint density at radius 2 is 1.74 bits per heavy atom. The van der Waals surface area contributed by atoms with Gasteiger partial charge < -0.3 is 15.6 Å². The van der Waals surface area contributed by atoms with E-state index in [2.05, 4.69) is 5.32 Å². The minimum Gasteiger partial charge on any atom is -0.366 e. The molecule has 136 valence electrons. The van der Waals surface area contributed by atoms with Gasteiger partial charge in [0.2, 0.25) is 0 Å². The number of carbonyl (C=O) groups is 2. The first-order valence-electron chi connectivity index (χ1n) is 8.10. The van der Waals surface area contributed by atoms with Gasteiger partial charge in [-0.1, -0.05) is 24.3 Å². The lowest BCUT2D eigenvalue weighted by atomic mass is 10.1. The van der Waals surface area contributed by atoms with Gasteiger partial charge in [-0.2, -0.15) is 0 Å². The van der Waals surface area contributed by atoms with Crippen LogP contribution in [0.15, 0.2) is 71.7 Å². The molecule has 0 fully saturated rings. The number of nitrogens with zero attached hydrogens (tertiary/aromatic N) is 1. The molecule has 0 radical (unpaired) electrons. The fraction of sp³-hybridized carbons (Fsp3) is 0.0500. The van der Waals surface area contributed by atoms with Gasteiger partial charge in [-0.05, 0) is 42.0 Å². The first-order chi connectivity index (χ1) is 13.0. The molecule has 3 rings (SSSR count). The quantitative estimate of drug-likeness (QED) is 0.727. The molecule has 0 saturated carbocycles. The van der Waals surface area contributed by atoms with Crippen LogP contribution in [-0.2, 0) is 6.54 Å². The topological polar surface area (TPSA) is 94.2 Å². The van der Waals surface area contributed by atoms with Crippen molar-refractivity contribution >= 4 is 17.5 Å². The molecular weight excluding hydrogens is 349 g/mol. The lowest BCUT2D eigenvalue weighted by Crippen LogP contribution is -2.29. The maximum atomic E-state index is 13.3. The molecule has 1 heterocycles. The number of halogens is 1. The van der Waals surface area contributed by atoms with E-state index in [0.717, 1.165) is 0 Å².